The van der Waals surface area contributed by atoms with E-state index in [0.717, 1.165) is 26.9 Å². The number of hydrogen-bond donors (Lipinski definition) is 0. The number of carbonyl (C=O) groups excluding carboxylic acids is 1. The number of benzene rings is 2. The van der Waals surface area contributed by atoms with Crippen molar-refractivity contribution in [3.8, 4) is 11.5 Å². The molecule has 0 N–H and O–H groups in total. The second kappa shape index (κ2) is 13.4. The molecule has 0 aliphatic rings. The number of amides is 1. The summed E-state index contributed by atoms with van der Waals surface area (Å²) < 4.78 is 38.5. The largest absolute Gasteiger partial charge is 0.493 e. The van der Waals surface area contributed by atoms with E-state index in [1.165, 1.54) is 23.5 Å². The van der Waals surface area contributed by atoms with Crippen LogP contribution in [0, 0.1) is 10.1 Å². The Bertz CT molecular complexity index is 1330. The molecule has 3 aromatic rings. The van der Waals surface area contributed by atoms with E-state index in [-0.39, 0.29) is 29.6 Å². The van der Waals surface area contributed by atoms with Gasteiger partial charge in [-0.2, -0.15) is 4.31 Å². The van der Waals surface area contributed by atoms with E-state index in [9.17, 15) is 23.3 Å². The van der Waals surface area contributed by atoms with Gasteiger partial charge in [0, 0.05) is 30.1 Å². The van der Waals surface area contributed by atoms with Gasteiger partial charge in [-0.3, -0.25) is 14.9 Å². The Hall–Kier alpha value is -3.48. The summed E-state index contributed by atoms with van der Waals surface area (Å²) in [5, 5.41) is 12.9. The number of carbonyl (C=O) groups is 1. The summed E-state index contributed by atoms with van der Waals surface area (Å²) in [5.74, 6) is 0.858. The number of sulfonamides is 1. The molecule has 1 amide bonds. The van der Waals surface area contributed by atoms with Crippen LogP contribution in [0.5, 0.6) is 11.5 Å². The highest BCUT2D eigenvalue weighted by atomic mass is 32.2. The molecule has 204 valence electrons. The van der Waals surface area contributed by atoms with Gasteiger partial charge in [-0.25, -0.2) is 8.42 Å². The lowest BCUT2D eigenvalue weighted by molar-refractivity contribution is -0.384. The van der Waals surface area contributed by atoms with Crippen molar-refractivity contribution in [2.45, 2.75) is 31.2 Å². The van der Waals surface area contributed by atoms with Crippen LogP contribution in [0.25, 0.3) is 0 Å². The maximum Gasteiger partial charge on any atom is 0.269 e. The van der Waals surface area contributed by atoms with Crippen molar-refractivity contribution in [3.63, 3.8) is 0 Å². The highest BCUT2D eigenvalue weighted by Gasteiger charge is 2.28. The van der Waals surface area contributed by atoms with E-state index in [0.29, 0.717) is 37.4 Å². The van der Waals surface area contributed by atoms with Gasteiger partial charge in [0.15, 0.2) is 11.5 Å². The van der Waals surface area contributed by atoms with Crippen molar-refractivity contribution >= 4 is 33.0 Å². The number of hydrogen-bond acceptors (Lipinski definition) is 8. The van der Waals surface area contributed by atoms with Gasteiger partial charge in [0.2, 0.25) is 15.9 Å². The molecule has 0 atom stereocenters. The fourth-order valence-electron chi connectivity index (χ4n) is 3.86. The second-order valence-electron chi connectivity index (χ2n) is 8.42. The zero-order chi connectivity index (χ0) is 27.7. The molecule has 0 fully saturated rings. The van der Waals surface area contributed by atoms with Crippen molar-refractivity contribution in [2.75, 3.05) is 33.9 Å². The highest BCUT2D eigenvalue weighted by Crippen LogP contribution is 2.28. The minimum Gasteiger partial charge on any atom is -0.493 e. The van der Waals surface area contributed by atoms with Gasteiger partial charge in [-0.05, 0) is 54.1 Å². The van der Waals surface area contributed by atoms with Crippen LogP contribution in [0.4, 0.5) is 5.69 Å². The molecule has 0 spiro atoms. The number of nitro groups is 1. The molecule has 0 bridgehead atoms. The highest BCUT2D eigenvalue weighted by molar-refractivity contribution is 7.89. The third kappa shape index (κ3) is 7.30. The standard InChI is InChI=1S/C26H31N3O7S2/c1-4-14-28(38(33,34)23-10-8-21(9-11-23)29(31)32)19-26(30)27(18-22-6-5-16-37-22)15-13-20-7-12-24(35-2)25(17-20)36-3/h5-12,16-17H,4,13-15,18-19H2,1-3H3. The maximum absolute atomic E-state index is 13.5. The molecule has 1 aromatic heterocycles. The predicted molar refractivity (Wildman–Crippen MR) is 145 cm³/mol. The van der Waals surface area contributed by atoms with Crippen LogP contribution in [0.1, 0.15) is 23.8 Å². The summed E-state index contributed by atoms with van der Waals surface area (Å²) in [5.41, 5.74) is 0.731. The van der Waals surface area contributed by atoms with Gasteiger partial charge in [-0.15, -0.1) is 11.3 Å². The van der Waals surface area contributed by atoms with Crippen LogP contribution in [0.2, 0.25) is 0 Å². The van der Waals surface area contributed by atoms with Gasteiger partial charge in [-0.1, -0.05) is 19.1 Å². The van der Waals surface area contributed by atoms with Crippen molar-refractivity contribution in [3.05, 3.63) is 80.5 Å². The number of methoxy groups -OCH3 is 2. The predicted octanol–water partition coefficient (Wildman–Crippen LogP) is 4.35. The first-order valence-corrected chi connectivity index (χ1v) is 14.3. The van der Waals surface area contributed by atoms with Crippen molar-refractivity contribution in [1.82, 2.24) is 9.21 Å². The summed E-state index contributed by atoms with van der Waals surface area (Å²) in [7, 11) is -0.926. The Kier molecular flexibility index (Phi) is 10.2. The first-order valence-electron chi connectivity index (χ1n) is 11.9. The minimum absolute atomic E-state index is 0.0977. The summed E-state index contributed by atoms with van der Waals surface area (Å²) in [6.45, 7) is 2.33. The molecule has 1 heterocycles. The van der Waals surface area contributed by atoms with Crippen LogP contribution in [0.3, 0.4) is 0 Å². The molecule has 12 heteroatoms. The Balaban J connectivity index is 1.81. The molecular formula is C26H31N3O7S2. The number of nitro benzene ring substituents is 1. The van der Waals surface area contributed by atoms with E-state index >= 15 is 0 Å². The van der Waals surface area contributed by atoms with Crippen LogP contribution in [-0.2, 0) is 27.8 Å². The average molecular weight is 562 g/mol. The quantitative estimate of drug-likeness (QED) is 0.212. The smallest absolute Gasteiger partial charge is 0.269 e. The topological polar surface area (TPSA) is 119 Å². The third-order valence-electron chi connectivity index (χ3n) is 5.87. The van der Waals surface area contributed by atoms with Gasteiger partial charge in [0.05, 0.1) is 37.1 Å². The number of non-ortho nitro benzene ring substituents is 1. The molecule has 2 aromatic carbocycles. The van der Waals surface area contributed by atoms with Crippen molar-refractivity contribution in [1.29, 1.82) is 0 Å². The average Bonchev–Trinajstić information content (AvgIpc) is 3.43. The summed E-state index contributed by atoms with van der Waals surface area (Å²) >= 11 is 1.52. The van der Waals surface area contributed by atoms with Gasteiger partial charge >= 0.3 is 0 Å². The fraction of sp³-hybridized carbons (Fsp3) is 0.346. The van der Waals surface area contributed by atoms with Gasteiger partial charge < -0.3 is 14.4 Å². The van der Waals surface area contributed by atoms with Gasteiger partial charge in [0.1, 0.15) is 0 Å². The second-order valence-corrected chi connectivity index (χ2v) is 11.4. The van der Waals surface area contributed by atoms with Crippen molar-refractivity contribution < 1.29 is 27.6 Å². The van der Waals surface area contributed by atoms with E-state index < -0.39 is 14.9 Å². The molecule has 10 nitrogen and oxygen atoms in total. The molecule has 0 unspecified atom stereocenters. The summed E-state index contributed by atoms with van der Waals surface area (Å²) in [6.07, 6.45) is 1.02. The van der Waals surface area contributed by atoms with Crippen LogP contribution in [0.15, 0.2) is 64.9 Å². The Labute approximate surface area is 226 Å². The van der Waals surface area contributed by atoms with Crippen LogP contribution < -0.4 is 9.47 Å². The number of ether oxygens (including phenoxy) is 2. The summed E-state index contributed by atoms with van der Waals surface area (Å²) in [6, 6.07) is 14.1. The lowest BCUT2D eigenvalue weighted by Gasteiger charge is -2.27. The van der Waals surface area contributed by atoms with E-state index in [2.05, 4.69) is 0 Å². The number of rotatable bonds is 14. The Morgan fingerprint density at radius 2 is 1.74 bits per heavy atom. The molecule has 3 rings (SSSR count). The summed E-state index contributed by atoms with van der Waals surface area (Å²) in [4.78, 5) is 26.4. The molecule has 38 heavy (non-hydrogen) atoms. The normalized spacial score (nSPS) is 11.4. The maximum atomic E-state index is 13.5. The molecule has 0 saturated carbocycles. The number of thiophene rings is 1. The fourth-order valence-corrected chi connectivity index (χ4v) is 6.06. The first-order chi connectivity index (χ1) is 18.2. The lowest BCUT2D eigenvalue weighted by atomic mass is 10.1. The minimum atomic E-state index is -4.04. The monoisotopic (exact) mass is 561 g/mol. The SMILES string of the molecule is CCCN(CC(=O)N(CCc1ccc(OC)c(OC)c1)Cc1cccs1)S(=O)(=O)c1ccc([N+](=O)[O-])cc1. The zero-order valence-corrected chi connectivity index (χ0v) is 23.2. The van der Waals surface area contributed by atoms with E-state index in [1.54, 1.807) is 25.2 Å². The molecule has 0 saturated heterocycles. The molecular weight excluding hydrogens is 530 g/mol. The van der Waals surface area contributed by atoms with E-state index in [4.69, 9.17) is 9.47 Å². The Morgan fingerprint density at radius 3 is 2.32 bits per heavy atom. The third-order valence-corrected chi connectivity index (χ3v) is 8.59. The lowest BCUT2D eigenvalue weighted by Crippen LogP contribution is -2.43. The number of nitrogens with zero attached hydrogens (tertiary/aromatic N) is 3. The zero-order valence-electron chi connectivity index (χ0n) is 21.5. The molecule has 0 radical (unpaired) electrons. The molecule has 0 aliphatic heterocycles. The van der Waals surface area contributed by atoms with Crippen LogP contribution in [-0.4, -0.2) is 62.3 Å². The van der Waals surface area contributed by atoms with E-state index in [1.807, 2.05) is 36.6 Å². The van der Waals surface area contributed by atoms with Crippen LogP contribution >= 0.6 is 11.3 Å². The Morgan fingerprint density at radius 1 is 1.03 bits per heavy atom. The van der Waals surface area contributed by atoms with Gasteiger partial charge in [0.25, 0.3) is 5.69 Å². The van der Waals surface area contributed by atoms with Crippen molar-refractivity contribution in [2.24, 2.45) is 0 Å². The first kappa shape index (κ1) is 29.1. The molecule has 0 aliphatic carbocycles.